The number of nitrogens with two attached hydrogens (primary N) is 1. The van der Waals surface area contributed by atoms with E-state index >= 15 is 0 Å². The number of hydrogen-bond acceptors (Lipinski definition) is 3. The molecule has 0 atom stereocenters. The first-order valence-corrected chi connectivity index (χ1v) is 6.10. The Balaban J connectivity index is 2.27. The Morgan fingerprint density at radius 1 is 1.44 bits per heavy atom. The van der Waals surface area contributed by atoms with Crippen LogP contribution in [-0.4, -0.2) is 34.1 Å². The maximum Gasteiger partial charge on any atom is 0.201 e. The summed E-state index contributed by atoms with van der Waals surface area (Å²) in [5.74, 6) is 0.175. The van der Waals surface area contributed by atoms with Gasteiger partial charge in [-0.1, -0.05) is 0 Å². The molecule has 0 unspecified atom stereocenters. The van der Waals surface area contributed by atoms with Crippen molar-refractivity contribution in [3.63, 3.8) is 0 Å². The molecule has 0 saturated carbocycles. The van der Waals surface area contributed by atoms with Crippen molar-refractivity contribution in [3.8, 4) is 0 Å². The van der Waals surface area contributed by atoms with Gasteiger partial charge in [0, 0.05) is 19.1 Å². The third-order valence-electron chi connectivity index (χ3n) is 3.30. The fraction of sp³-hybridized carbons (Fsp3) is 0.462. The lowest BCUT2D eigenvalue weighted by Crippen LogP contribution is -2.29. The Morgan fingerprint density at radius 2 is 2.17 bits per heavy atom. The fourth-order valence-corrected chi connectivity index (χ4v) is 1.87. The molecule has 1 aromatic heterocycles. The molecule has 5 heteroatoms. The monoisotopic (exact) mass is 250 g/mol. The first-order chi connectivity index (χ1) is 8.49. The Morgan fingerprint density at radius 3 is 2.83 bits per heavy atom. The number of halogens is 1. The van der Waals surface area contributed by atoms with E-state index in [0.29, 0.717) is 18.5 Å². The van der Waals surface area contributed by atoms with Gasteiger partial charge >= 0.3 is 0 Å². The minimum absolute atomic E-state index is 0.263. The summed E-state index contributed by atoms with van der Waals surface area (Å²) in [6.07, 6.45) is 0. The first kappa shape index (κ1) is 12.8. The molecule has 0 amide bonds. The van der Waals surface area contributed by atoms with Gasteiger partial charge in [0.1, 0.15) is 5.82 Å². The number of imidazole rings is 1. The van der Waals surface area contributed by atoms with Crippen LogP contribution >= 0.6 is 0 Å². The van der Waals surface area contributed by atoms with E-state index in [0.717, 1.165) is 17.6 Å². The number of fused-ring (bicyclic) bond motifs is 1. The third-order valence-corrected chi connectivity index (χ3v) is 3.30. The van der Waals surface area contributed by atoms with Gasteiger partial charge in [-0.2, -0.15) is 0 Å². The Kier molecular flexibility index (Phi) is 3.52. The summed E-state index contributed by atoms with van der Waals surface area (Å²) in [6.45, 7) is 5.83. The summed E-state index contributed by atoms with van der Waals surface area (Å²) in [4.78, 5) is 6.45. The molecule has 0 saturated heterocycles. The predicted octanol–water partition coefficient (Wildman–Crippen LogP) is 2.10. The van der Waals surface area contributed by atoms with E-state index in [4.69, 9.17) is 5.73 Å². The van der Waals surface area contributed by atoms with Gasteiger partial charge in [-0.25, -0.2) is 9.37 Å². The molecule has 0 aliphatic rings. The topological polar surface area (TPSA) is 47.1 Å². The van der Waals surface area contributed by atoms with Gasteiger partial charge in [0.2, 0.25) is 5.95 Å². The van der Waals surface area contributed by atoms with Crippen LogP contribution in [0.5, 0.6) is 0 Å². The van der Waals surface area contributed by atoms with Gasteiger partial charge in [-0.15, -0.1) is 0 Å². The summed E-state index contributed by atoms with van der Waals surface area (Å²) in [7, 11) is 2.06. The van der Waals surface area contributed by atoms with E-state index < -0.39 is 0 Å². The van der Waals surface area contributed by atoms with Gasteiger partial charge in [0.05, 0.1) is 11.0 Å². The van der Waals surface area contributed by atoms with Crippen LogP contribution in [0.15, 0.2) is 18.2 Å². The van der Waals surface area contributed by atoms with Crippen LogP contribution in [0.2, 0.25) is 0 Å². The van der Waals surface area contributed by atoms with Crippen LogP contribution in [0.4, 0.5) is 10.3 Å². The van der Waals surface area contributed by atoms with Crippen molar-refractivity contribution in [2.24, 2.45) is 0 Å². The molecule has 0 spiro atoms. The standard InChI is InChI=1S/C13H19FN4/c1-9(2)17(3)6-7-18-12-8-10(14)4-5-11(12)16-13(18)15/h4-5,8-9H,6-7H2,1-3H3,(H2,15,16). The molecule has 2 rings (SSSR count). The van der Waals surface area contributed by atoms with Crippen molar-refractivity contribution in [2.75, 3.05) is 19.3 Å². The highest BCUT2D eigenvalue weighted by Gasteiger charge is 2.10. The van der Waals surface area contributed by atoms with Crippen LogP contribution in [0.3, 0.4) is 0 Å². The zero-order valence-corrected chi connectivity index (χ0v) is 11.0. The van der Waals surface area contributed by atoms with Crippen LogP contribution in [0.1, 0.15) is 13.8 Å². The molecule has 98 valence electrons. The lowest BCUT2D eigenvalue weighted by atomic mass is 10.3. The highest BCUT2D eigenvalue weighted by Crippen LogP contribution is 2.18. The number of nitrogen functional groups attached to an aromatic ring is 1. The highest BCUT2D eigenvalue weighted by atomic mass is 19.1. The predicted molar refractivity (Wildman–Crippen MR) is 71.9 cm³/mol. The zero-order valence-electron chi connectivity index (χ0n) is 11.0. The van der Waals surface area contributed by atoms with Gasteiger partial charge in [0.15, 0.2) is 0 Å². The van der Waals surface area contributed by atoms with Gasteiger partial charge < -0.3 is 15.2 Å². The van der Waals surface area contributed by atoms with E-state index in [1.807, 2.05) is 4.57 Å². The number of hydrogen-bond donors (Lipinski definition) is 1. The second kappa shape index (κ2) is 4.94. The number of likely N-dealkylation sites (N-methyl/N-ethyl adjacent to an activating group) is 1. The molecule has 18 heavy (non-hydrogen) atoms. The zero-order chi connectivity index (χ0) is 13.3. The first-order valence-electron chi connectivity index (χ1n) is 6.10. The molecule has 0 radical (unpaired) electrons. The average Bonchev–Trinajstić information content (AvgIpc) is 2.61. The van der Waals surface area contributed by atoms with Crippen LogP contribution in [0, 0.1) is 5.82 Å². The van der Waals surface area contributed by atoms with E-state index in [1.165, 1.54) is 12.1 Å². The van der Waals surface area contributed by atoms with Crippen molar-refractivity contribution in [2.45, 2.75) is 26.4 Å². The molecule has 2 N–H and O–H groups in total. The summed E-state index contributed by atoms with van der Waals surface area (Å²) >= 11 is 0. The molecule has 0 bridgehead atoms. The van der Waals surface area contributed by atoms with Crippen LogP contribution < -0.4 is 5.73 Å². The van der Waals surface area contributed by atoms with Crippen LogP contribution in [-0.2, 0) is 6.54 Å². The van der Waals surface area contributed by atoms with E-state index in [9.17, 15) is 4.39 Å². The maximum atomic E-state index is 13.3. The minimum Gasteiger partial charge on any atom is -0.369 e. The van der Waals surface area contributed by atoms with Crippen molar-refractivity contribution in [3.05, 3.63) is 24.0 Å². The number of anilines is 1. The normalized spacial score (nSPS) is 11.9. The largest absolute Gasteiger partial charge is 0.369 e. The maximum absolute atomic E-state index is 13.3. The molecular weight excluding hydrogens is 231 g/mol. The third kappa shape index (κ3) is 2.46. The number of benzene rings is 1. The molecule has 0 aliphatic carbocycles. The van der Waals surface area contributed by atoms with E-state index in [1.54, 1.807) is 6.07 Å². The number of nitrogens with zero attached hydrogens (tertiary/aromatic N) is 3. The molecule has 1 aromatic carbocycles. The van der Waals surface area contributed by atoms with Gasteiger partial charge in [-0.05, 0) is 39.1 Å². The molecule has 0 aliphatic heterocycles. The van der Waals surface area contributed by atoms with E-state index in [2.05, 4.69) is 30.8 Å². The quantitative estimate of drug-likeness (QED) is 0.904. The van der Waals surface area contributed by atoms with Crippen molar-refractivity contribution in [1.29, 1.82) is 0 Å². The van der Waals surface area contributed by atoms with Gasteiger partial charge in [0.25, 0.3) is 0 Å². The molecule has 4 nitrogen and oxygen atoms in total. The Bertz CT molecular complexity index is 547. The van der Waals surface area contributed by atoms with Crippen molar-refractivity contribution < 1.29 is 4.39 Å². The second-order valence-electron chi connectivity index (χ2n) is 4.83. The molecular formula is C13H19FN4. The molecule has 2 aromatic rings. The smallest absolute Gasteiger partial charge is 0.201 e. The fourth-order valence-electron chi connectivity index (χ4n) is 1.87. The number of rotatable bonds is 4. The average molecular weight is 250 g/mol. The van der Waals surface area contributed by atoms with E-state index in [-0.39, 0.29) is 5.82 Å². The molecule has 0 fully saturated rings. The molecule has 1 heterocycles. The Labute approximate surface area is 106 Å². The summed E-state index contributed by atoms with van der Waals surface area (Å²) in [5.41, 5.74) is 7.37. The van der Waals surface area contributed by atoms with Crippen molar-refractivity contribution in [1.82, 2.24) is 14.5 Å². The summed E-state index contributed by atoms with van der Waals surface area (Å²) < 4.78 is 15.1. The van der Waals surface area contributed by atoms with Crippen LogP contribution in [0.25, 0.3) is 11.0 Å². The minimum atomic E-state index is -0.263. The lowest BCUT2D eigenvalue weighted by molar-refractivity contribution is 0.264. The summed E-state index contributed by atoms with van der Waals surface area (Å²) in [6, 6.07) is 5.01. The highest BCUT2D eigenvalue weighted by molar-refractivity contribution is 5.78. The number of aromatic nitrogens is 2. The SMILES string of the molecule is CC(C)N(C)CCn1c(N)nc2ccc(F)cc21. The van der Waals surface area contributed by atoms with Gasteiger partial charge in [-0.3, -0.25) is 0 Å². The summed E-state index contributed by atoms with van der Waals surface area (Å²) in [5, 5.41) is 0. The Hall–Kier alpha value is -1.62. The second-order valence-corrected chi connectivity index (χ2v) is 4.83. The van der Waals surface area contributed by atoms with Crippen molar-refractivity contribution >= 4 is 17.0 Å². The lowest BCUT2D eigenvalue weighted by Gasteiger charge is -2.21.